The van der Waals surface area contributed by atoms with Crippen LogP contribution in [0.5, 0.6) is 0 Å². The number of methoxy groups -OCH3 is 1. The van der Waals surface area contributed by atoms with Crippen LogP contribution in [0.1, 0.15) is 10.4 Å². The lowest BCUT2D eigenvalue weighted by Gasteiger charge is -2.14. The number of hydrogen-bond acceptors (Lipinski definition) is 4. The third-order valence-electron chi connectivity index (χ3n) is 2.05. The summed E-state index contributed by atoms with van der Waals surface area (Å²) in [6.45, 7) is 0.640. The maximum absolute atomic E-state index is 11.4. The summed E-state index contributed by atoms with van der Waals surface area (Å²) in [4.78, 5) is 15.5. The van der Waals surface area contributed by atoms with Crippen LogP contribution in [0, 0.1) is 0 Å². The van der Waals surface area contributed by atoms with Crippen LogP contribution in [-0.4, -0.2) is 25.8 Å². The van der Waals surface area contributed by atoms with E-state index >= 15 is 0 Å². The van der Waals surface area contributed by atoms with Crippen LogP contribution in [0.15, 0.2) is 23.2 Å². The van der Waals surface area contributed by atoms with Gasteiger partial charge in [0.1, 0.15) is 0 Å². The monoisotopic (exact) mass is 190 g/mol. The zero-order valence-corrected chi connectivity index (χ0v) is 7.78. The molecule has 2 rings (SSSR count). The van der Waals surface area contributed by atoms with Crippen LogP contribution in [0.25, 0.3) is 0 Å². The SMILES string of the molecule is COC(=O)c1cccc2c1NCC=N2. The molecule has 0 amide bonds. The molecule has 1 N–H and O–H groups in total. The number of hydrogen-bond donors (Lipinski definition) is 1. The van der Waals surface area contributed by atoms with Crippen LogP contribution in [0.4, 0.5) is 11.4 Å². The van der Waals surface area contributed by atoms with E-state index in [0.717, 1.165) is 11.4 Å². The topological polar surface area (TPSA) is 50.7 Å². The Kier molecular flexibility index (Phi) is 2.18. The summed E-state index contributed by atoms with van der Waals surface area (Å²) in [6, 6.07) is 5.36. The average molecular weight is 190 g/mol. The first-order valence-electron chi connectivity index (χ1n) is 4.30. The molecule has 0 aliphatic carbocycles. The summed E-state index contributed by atoms with van der Waals surface area (Å²) in [6.07, 6.45) is 1.77. The third-order valence-corrected chi connectivity index (χ3v) is 2.05. The van der Waals surface area contributed by atoms with Gasteiger partial charge < -0.3 is 10.1 Å². The summed E-state index contributed by atoms with van der Waals surface area (Å²) in [5.41, 5.74) is 2.06. The van der Waals surface area contributed by atoms with E-state index in [0.29, 0.717) is 12.1 Å². The smallest absolute Gasteiger partial charge is 0.340 e. The van der Waals surface area contributed by atoms with E-state index in [1.54, 1.807) is 18.3 Å². The van der Waals surface area contributed by atoms with Crippen molar-refractivity contribution in [3.63, 3.8) is 0 Å². The van der Waals surface area contributed by atoms with Gasteiger partial charge in [-0.15, -0.1) is 0 Å². The van der Waals surface area contributed by atoms with Crippen molar-refractivity contribution in [1.29, 1.82) is 0 Å². The van der Waals surface area contributed by atoms with Crippen LogP contribution < -0.4 is 5.32 Å². The molecule has 1 aromatic carbocycles. The predicted molar refractivity (Wildman–Crippen MR) is 54.4 cm³/mol. The molecule has 0 bridgehead atoms. The van der Waals surface area contributed by atoms with E-state index in [1.165, 1.54) is 7.11 Å². The van der Waals surface area contributed by atoms with Gasteiger partial charge >= 0.3 is 5.97 Å². The Hall–Kier alpha value is -1.84. The first-order valence-corrected chi connectivity index (χ1v) is 4.30. The Balaban J connectivity index is 2.51. The number of esters is 1. The Morgan fingerprint density at radius 3 is 3.21 bits per heavy atom. The van der Waals surface area contributed by atoms with Gasteiger partial charge in [-0.05, 0) is 12.1 Å². The minimum Gasteiger partial charge on any atom is -0.465 e. The highest BCUT2D eigenvalue weighted by Gasteiger charge is 2.15. The number of carbonyl (C=O) groups is 1. The summed E-state index contributed by atoms with van der Waals surface area (Å²) >= 11 is 0. The maximum Gasteiger partial charge on any atom is 0.340 e. The van der Waals surface area contributed by atoms with Crippen LogP contribution in [0.3, 0.4) is 0 Å². The van der Waals surface area contributed by atoms with Gasteiger partial charge in [0, 0.05) is 6.21 Å². The number of nitrogens with zero attached hydrogens (tertiary/aromatic N) is 1. The number of para-hydroxylation sites is 1. The molecule has 1 aliphatic rings. The number of aliphatic imine (C=N–C) groups is 1. The number of anilines is 1. The second kappa shape index (κ2) is 3.49. The molecule has 4 nitrogen and oxygen atoms in total. The molecule has 72 valence electrons. The van der Waals surface area contributed by atoms with E-state index in [-0.39, 0.29) is 5.97 Å². The zero-order chi connectivity index (χ0) is 9.97. The fraction of sp³-hybridized carbons (Fsp3) is 0.200. The normalized spacial score (nSPS) is 12.9. The zero-order valence-electron chi connectivity index (χ0n) is 7.78. The van der Waals surface area contributed by atoms with Crippen molar-refractivity contribution in [1.82, 2.24) is 0 Å². The first-order chi connectivity index (χ1) is 6.83. The molecule has 0 saturated heterocycles. The number of nitrogens with one attached hydrogen (secondary N) is 1. The lowest BCUT2D eigenvalue weighted by Crippen LogP contribution is -2.12. The molecule has 0 fully saturated rings. The Morgan fingerprint density at radius 2 is 2.43 bits per heavy atom. The van der Waals surface area contributed by atoms with Crippen molar-refractivity contribution in [3.05, 3.63) is 23.8 Å². The van der Waals surface area contributed by atoms with Gasteiger partial charge in [0.15, 0.2) is 0 Å². The molecule has 1 aromatic rings. The second-order valence-corrected chi connectivity index (χ2v) is 2.88. The fourth-order valence-electron chi connectivity index (χ4n) is 1.41. The summed E-state index contributed by atoms with van der Waals surface area (Å²) in [5.74, 6) is -0.341. The summed E-state index contributed by atoms with van der Waals surface area (Å²) in [7, 11) is 1.37. The van der Waals surface area contributed by atoms with Gasteiger partial charge in [-0.1, -0.05) is 6.07 Å². The predicted octanol–water partition coefficient (Wildman–Crippen LogP) is 1.60. The van der Waals surface area contributed by atoms with Crippen molar-refractivity contribution in [2.24, 2.45) is 4.99 Å². The van der Waals surface area contributed by atoms with Crippen molar-refractivity contribution in [2.45, 2.75) is 0 Å². The molecular weight excluding hydrogens is 180 g/mol. The minimum absolute atomic E-state index is 0.341. The van der Waals surface area contributed by atoms with Gasteiger partial charge in [-0.2, -0.15) is 0 Å². The van der Waals surface area contributed by atoms with Crippen LogP contribution in [-0.2, 0) is 4.74 Å². The standard InChI is InChI=1S/C10H10N2O2/c1-14-10(13)7-3-2-4-8-9(7)12-6-5-11-8/h2-5,12H,6H2,1H3. The summed E-state index contributed by atoms with van der Waals surface area (Å²) < 4.78 is 4.67. The molecule has 0 atom stereocenters. The fourth-order valence-corrected chi connectivity index (χ4v) is 1.41. The van der Waals surface area contributed by atoms with E-state index in [9.17, 15) is 4.79 Å². The van der Waals surface area contributed by atoms with Gasteiger partial charge in [0.2, 0.25) is 0 Å². The molecular formula is C10H10N2O2. The van der Waals surface area contributed by atoms with Gasteiger partial charge in [0.05, 0.1) is 30.6 Å². The highest BCUT2D eigenvalue weighted by atomic mass is 16.5. The lowest BCUT2D eigenvalue weighted by molar-refractivity contribution is 0.0602. The minimum atomic E-state index is -0.341. The highest BCUT2D eigenvalue weighted by Crippen LogP contribution is 2.30. The molecule has 4 heteroatoms. The number of rotatable bonds is 1. The van der Waals surface area contributed by atoms with Crippen LogP contribution in [0.2, 0.25) is 0 Å². The molecule has 0 unspecified atom stereocenters. The average Bonchev–Trinajstić information content (AvgIpc) is 2.27. The lowest BCUT2D eigenvalue weighted by atomic mass is 10.1. The van der Waals surface area contributed by atoms with Crippen molar-refractivity contribution >= 4 is 23.6 Å². The number of ether oxygens (including phenoxy) is 1. The molecule has 0 spiro atoms. The van der Waals surface area contributed by atoms with Crippen molar-refractivity contribution in [2.75, 3.05) is 19.0 Å². The van der Waals surface area contributed by atoms with Gasteiger partial charge in [-0.3, -0.25) is 4.99 Å². The number of carbonyl (C=O) groups excluding carboxylic acids is 1. The largest absolute Gasteiger partial charge is 0.465 e. The quantitative estimate of drug-likeness (QED) is 0.684. The molecule has 0 radical (unpaired) electrons. The Morgan fingerprint density at radius 1 is 1.57 bits per heavy atom. The molecule has 1 aliphatic heterocycles. The van der Waals surface area contributed by atoms with Crippen LogP contribution >= 0.6 is 0 Å². The van der Waals surface area contributed by atoms with Gasteiger partial charge in [0.25, 0.3) is 0 Å². The highest BCUT2D eigenvalue weighted by molar-refractivity contribution is 6.00. The molecule has 14 heavy (non-hydrogen) atoms. The second-order valence-electron chi connectivity index (χ2n) is 2.88. The Bertz CT molecular complexity index is 399. The number of fused-ring (bicyclic) bond motifs is 1. The van der Waals surface area contributed by atoms with E-state index in [4.69, 9.17) is 0 Å². The third kappa shape index (κ3) is 1.35. The van der Waals surface area contributed by atoms with E-state index < -0.39 is 0 Å². The Labute approximate surface area is 81.6 Å². The molecule has 0 aromatic heterocycles. The first kappa shape index (κ1) is 8.74. The van der Waals surface area contributed by atoms with E-state index in [1.807, 2.05) is 6.07 Å². The molecule has 1 heterocycles. The maximum atomic E-state index is 11.4. The van der Waals surface area contributed by atoms with Crippen molar-refractivity contribution in [3.8, 4) is 0 Å². The van der Waals surface area contributed by atoms with Gasteiger partial charge in [-0.25, -0.2) is 4.79 Å². The number of benzene rings is 1. The summed E-state index contributed by atoms with van der Waals surface area (Å²) in [5, 5.41) is 3.10. The molecule has 0 saturated carbocycles. The van der Waals surface area contributed by atoms with E-state index in [2.05, 4.69) is 15.0 Å². The van der Waals surface area contributed by atoms with Crippen molar-refractivity contribution < 1.29 is 9.53 Å².